The van der Waals surface area contributed by atoms with E-state index in [-0.39, 0.29) is 5.63 Å². The van der Waals surface area contributed by atoms with Crippen molar-refractivity contribution in [3.8, 4) is 11.3 Å². The third kappa shape index (κ3) is 3.36. The molecule has 0 radical (unpaired) electrons. The molecular weight excluding hydrogens is 340 g/mol. The minimum Gasteiger partial charge on any atom is -0.422 e. The summed E-state index contributed by atoms with van der Waals surface area (Å²) in [6.07, 6.45) is 5.73. The Morgan fingerprint density at radius 2 is 2.00 bits per heavy atom. The van der Waals surface area contributed by atoms with Crippen LogP contribution >= 0.6 is 0 Å². The Bertz CT molecular complexity index is 1190. The van der Waals surface area contributed by atoms with Crippen molar-refractivity contribution >= 4 is 16.6 Å². The van der Waals surface area contributed by atoms with Crippen molar-refractivity contribution in [1.29, 1.82) is 0 Å². The molecule has 138 valence electrons. The van der Waals surface area contributed by atoms with E-state index >= 15 is 0 Å². The first-order valence-corrected chi connectivity index (χ1v) is 9.10. The fraction of sp³-hybridized carbons (Fsp3) is 0.286. The van der Waals surface area contributed by atoms with Crippen LogP contribution in [0.5, 0.6) is 0 Å². The summed E-state index contributed by atoms with van der Waals surface area (Å²) in [5, 5.41) is 4.03. The summed E-state index contributed by atoms with van der Waals surface area (Å²) in [5.74, 6) is 0. The molecule has 6 heteroatoms. The number of benzene rings is 1. The number of aryl methyl sites for hydroxylation is 3. The van der Waals surface area contributed by atoms with E-state index < -0.39 is 0 Å². The van der Waals surface area contributed by atoms with Gasteiger partial charge in [-0.05, 0) is 58.0 Å². The van der Waals surface area contributed by atoms with Crippen molar-refractivity contribution in [3.05, 3.63) is 64.0 Å². The number of imidazole rings is 1. The highest BCUT2D eigenvalue weighted by Crippen LogP contribution is 2.23. The highest BCUT2D eigenvalue weighted by atomic mass is 16.4. The standard InChI is InChI=1S/C21H22N4O2/c1-13-11-25-12-18(24-20(25)14(2)23-13)17-10-16-7-6-15(5-4-8-22-3)9-19(16)27-21(17)26/h6-7,9-12,22H,4-5,8H2,1-3H3. The molecule has 0 aliphatic heterocycles. The number of rotatable bonds is 5. The minimum atomic E-state index is -0.374. The van der Waals surface area contributed by atoms with Crippen LogP contribution in [0.25, 0.3) is 27.9 Å². The Kier molecular flexibility index (Phi) is 4.49. The molecule has 3 heterocycles. The normalized spacial score (nSPS) is 11.5. The summed E-state index contributed by atoms with van der Waals surface area (Å²) in [5.41, 5.74) is 4.95. The van der Waals surface area contributed by atoms with Crippen molar-refractivity contribution in [2.24, 2.45) is 0 Å². The predicted molar refractivity (Wildman–Crippen MR) is 106 cm³/mol. The average molecular weight is 362 g/mol. The van der Waals surface area contributed by atoms with E-state index in [1.165, 1.54) is 5.56 Å². The van der Waals surface area contributed by atoms with Gasteiger partial charge in [0.15, 0.2) is 5.65 Å². The quantitative estimate of drug-likeness (QED) is 0.436. The molecule has 0 atom stereocenters. The van der Waals surface area contributed by atoms with Gasteiger partial charge in [0.05, 0.1) is 22.6 Å². The molecule has 0 spiro atoms. The minimum absolute atomic E-state index is 0.374. The van der Waals surface area contributed by atoms with Crippen molar-refractivity contribution in [2.45, 2.75) is 26.7 Å². The number of hydrogen-bond donors (Lipinski definition) is 1. The zero-order valence-corrected chi connectivity index (χ0v) is 15.7. The number of aromatic nitrogens is 3. The van der Waals surface area contributed by atoms with Crippen LogP contribution in [0.1, 0.15) is 23.4 Å². The van der Waals surface area contributed by atoms with Gasteiger partial charge >= 0.3 is 5.63 Å². The summed E-state index contributed by atoms with van der Waals surface area (Å²) in [6.45, 7) is 4.81. The summed E-state index contributed by atoms with van der Waals surface area (Å²) in [4.78, 5) is 21.6. The van der Waals surface area contributed by atoms with Crippen LogP contribution in [0.2, 0.25) is 0 Å². The Labute approximate surface area is 156 Å². The van der Waals surface area contributed by atoms with E-state index in [1.54, 1.807) is 0 Å². The van der Waals surface area contributed by atoms with Gasteiger partial charge in [0.25, 0.3) is 0 Å². The van der Waals surface area contributed by atoms with Gasteiger partial charge in [-0.2, -0.15) is 0 Å². The molecule has 0 amide bonds. The zero-order chi connectivity index (χ0) is 19.0. The molecule has 0 aliphatic carbocycles. The summed E-state index contributed by atoms with van der Waals surface area (Å²) in [7, 11) is 1.94. The molecule has 4 aromatic rings. The molecule has 0 saturated heterocycles. The summed E-state index contributed by atoms with van der Waals surface area (Å²) >= 11 is 0. The lowest BCUT2D eigenvalue weighted by atomic mass is 10.1. The molecule has 0 fully saturated rings. The lowest BCUT2D eigenvalue weighted by Gasteiger charge is -2.04. The maximum atomic E-state index is 12.6. The molecule has 4 rings (SSSR count). The first kappa shape index (κ1) is 17.4. The molecule has 6 nitrogen and oxygen atoms in total. The van der Waals surface area contributed by atoms with E-state index in [4.69, 9.17) is 4.42 Å². The SMILES string of the molecule is CNCCCc1ccc2cc(-c3cn4cc(C)nc(C)c4n3)c(=O)oc2c1. The Morgan fingerprint density at radius 3 is 2.81 bits per heavy atom. The Morgan fingerprint density at radius 1 is 1.15 bits per heavy atom. The van der Waals surface area contributed by atoms with Gasteiger partial charge in [0.1, 0.15) is 5.58 Å². The predicted octanol–water partition coefficient (Wildman–Crippen LogP) is 3.27. The number of hydrogen-bond acceptors (Lipinski definition) is 5. The first-order valence-electron chi connectivity index (χ1n) is 9.10. The van der Waals surface area contributed by atoms with E-state index in [0.29, 0.717) is 16.8 Å². The number of fused-ring (bicyclic) bond motifs is 2. The van der Waals surface area contributed by atoms with Crippen LogP contribution < -0.4 is 10.9 Å². The largest absolute Gasteiger partial charge is 0.422 e. The second-order valence-electron chi connectivity index (χ2n) is 6.85. The first-order chi connectivity index (χ1) is 13.0. The summed E-state index contributed by atoms with van der Waals surface area (Å²) < 4.78 is 7.51. The molecule has 1 aromatic carbocycles. The van der Waals surface area contributed by atoms with E-state index in [2.05, 4.69) is 21.4 Å². The van der Waals surface area contributed by atoms with Crippen LogP contribution in [0, 0.1) is 13.8 Å². The van der Waals surface area contributed by atoms with Crippen LogP contribution in [-0.2, 0) is 6.42 Å². The highest BCUT2D eigenvalue weighted by Gasteiger charge is 2.13. The van der Waals surface area contributed by atoms with Crippen LogP contribution in [0.4, 0.5) is 0 Å². The molecule has 0 bridgehead atoms. The molecule has 27 heavy (non-hydrogen) atoms. The molecular formula is C21H22N4O2. The van der Waals surface area contributed by atoms with Crippen LogP contribution in [0.15, 0.2) is 45.9 Å². The Hall–Kier alpha value is -2.99. The number of nitrogens with one attached hydrogen (secondary N) is 1. The maximum Gasteiger partial charge on any atom is 0.345 e. The van der Waals surface area contributed by atoms with Crippen molar-refractivity contribution in [2.75, 3.05) is 13.6 Å². The van der Waals surface area contributed by atoms with Gasteiger partial charge in [-0.3, -0.25) is 4.98 Å². The van der Waals surface area contributed by atoms with Crippen LogP contribution in [-0.4, -0.2) is 28.0 Å². The smallest absolute Gasteiger partial charge is 0.345 e. The van der Waals surface area contributed by atoms with Gasteiger partial charge in [0, 0.05) is 17.8 Å². The van der Waals surface area contributed by atoms with Gasteiger partial charge in [0.2, 0.25) is 0 Å². The average Bonchev–Trinajstić information content (AvgIpc) is 3.05. The molecule has 0 saturated carbocycles. The zero-order valence-electron chi connectivity index (χ0n) is 15.7. The molecule has 1 N–H and O–H groups in total. The second kappa shape index (κ2) is 6.96. The topological polar surface area (TPSA) is 72.4 Å². The van der Waals surface area contributed by atoms with Crippen molar-refractivity contribution in [3.63, 3.8) is 0 Å². The molecule has 0 unspecified atom stereocenters. The third-order valence-electron chi connectivity index (χ3n) is 4.69. The van der Waals surface area contributed by atoms with Crippen LogP contribution in [0.3, 0.4) is 0 Å². The van der Waals surface area contributed by atoms with E-state index in [9.17, 15) is 4.79 Å². The van der Waals surface area contributed by atoms with Crippen molar-refractivity contribution < 1.29 is 4.42 Å². The third-order valence-corrected chi connectivity index (χ3v) is 4.69. The van der Waals surface area contributed by atoms with E-state index in [1.807, 2.05) is 55.9 Å². The highest BCUT2D eigenvalue weighted by molar-refractivity contribution is 5.81. The lowest BCUT2D eigenvalue weighted by molar-refractivity contribution is 0.562. The van der Waals surface area contributed by atoms with Gasteiger partial charge < -0.3 is 14.1 Å². The lowest BCUT2D eigenvalue weighted by Crippen LogP contribution is -2.08. The maximum absolute atomic E-state index is 12.6. The fourth-order valence-electron chi connectivity index (χ4n) is 3.39. The second-order valence-corrected chi connectivity index (χ2v) is 6.85. The van der Waals surface area contributed by atoms with E-state index in [0.717, 1.165) is 41.8 Å². The number of nitrogens with zero attached hydrogens (tertiary/aromatic N) is 3. The molecule has 3 aromatic heterocycles. The monoisotopic (exact) mass is 362 g/mol. The van der Waals surface area contributed by atoms with Gasteiger partial charge in [-0.1, -0.05) is 12.1 Å². The van der Waals surface area contributed by atoms with Crippen molar-refractivity contribution in [1.82, 2.24) is 19.7 Å². The molecule has 0 aliphatic rings. The van der Waals surface area contributed by atoms with Gasteiger partial charge in [-0.25, -0.2) is 9.78 Å². The van der Waals surface area contributed by atoms with Gasteiger partial charge in [-0.15, -0.1) is 0 Å². The fourth-order valence-corrected chi connectivity index (χ4v) is 3.39. The Balaban J connectivity index is 1.76. The summed E-state index contributed by atoms with van der Waals surface area (Å²) in [6, 6.07) is 7.90.